The predicted octanol–water partition coefficient (Wildman–Crippen LogP) is 5.02. The zero-order valence-electron chi connectivity index (χ0n) is 12.8. The molecule has 0 N–H and O–H groups in total. The lowest BCUT2D eigenvalue weighted by atomic mass is 9.96. The molecule has 116 valence electrons. The number of carbonyl (C=O) groups excluding carboxylic acids is 1. The van der Waals surface area contributed by atoms with Crippen molar-refractivity contribution in [3.63, 3.8) is 0 Å². The van der Waals surface area contributed by atoms with E-state index in [2.05, 4.69) is 13.0 Å². The minimum atomic E-state index is -0.272. The summed E-state index contributed by atoms with van der Waals surface area (Å²) in [7, 11) is 0. The van der Waals surface area contributed by atoms with Gasteiger partial charge in [-0.3, -0.25) is 4.79 Å². The van der Waals surface area contributed by atoms with Crippen LogP contribution in [0.3, 0.4) is 0 Å². The highest BCUT2D eigenvalue weighted by atomic mass is 32.1. The van der Waals surface area contributed by atoms with Crippen LogP contribution in [0.2, 0.25) is 0 Å². The summed E-state index contributed by atoms with van der Waals surface area (Å²) in [4.78, 5) is 15.6. The van der Waals surface area contributed by atoms with Crippen molar-refractivity contribution in [2.45, 2.75) is 25.8 Å². The Hall–Kier alpha value is -2.20. The molecule has 0 aliphatic carbocycles. The van der Waals surface area contributed by atoms with E-state index < -0.39 is 0 Å². The van der Waals surface area contributed by atoms with E-state index in [1.807, 2.05) is 23.1 Å². The molecule has 2 nitrogen and oxygen atoms in total. The second kappa shape index (κ2) is 5.46. The number of anilines is 1. The predicted molar refractivity (Wildman–Crippen MR) is 92.8 cm³/mol. The van der Waals surface area contributed by atoms with Crippen LogP contribution in [0.5, 0.6) is 0 Å². The van der Waals surface area contributed by atoms with Gasteiger partial charge in [-0.05, 0) is 61.0 Å². The number of aryl methyl sites for hydroxylation is 1. The van der Waals surface area contributed by atoms with E-state index in [0.29, 0.717) is 4.88 Å². The number of halogens is 1. The third kappa shape index (κ3) is 2.43. The zero-order valence-corrected chi connectivity index (χ0v) is 13.6. The quantitative estimate of drug-likeness (QED) is 0.615. The molecular formula is C19H16FNOS. The fourth-order valence-electron chi connectivity index (χ4n) is 3.24. The number of amides is 1. The summed E-state index contributed by atoms with van der Waals surface area (Å²) in [5, 5.41) is 0.788. The highest BCUT2D eigenvalue weighted by Crippen LogP contribution is 2.34. The van der Waals surface area contributed by atoms with Crippen LogP contribution in [0, 0.1) is 5.82 Å². The molecule has 2 aromatic carbocycles. The summed E-state index contributed by atoms with van der Waals surface area (Å²) >= 11 is 1.43. The minimum absolute atomic E-state index is 0.00579. The van der Waals surface area contributed by atoms with Crippen molar-refractivity contribution >= 4 is 33.0 Å². The van der Waals surface area contributed by atoms with Gasteiger partial charge in [-0.1, -0.05) is 18.2 Å². The Balaban J connectivity index is 1.78. The lowest BCUT2D eigenvalue weighted by molar-refractivity contribution is 0.0979. The number of fused-ring (bicyclic) bond motifs is 2. The summed E-state index contributed by atoms with van der Waals surface area (Å²) < 4.78 is 14.3. The highest BCUT2D eigenvalue weighted by molar-refractivity contribution is 7.20. The summed E-state index contributed by atoms with van der Waals surface area (Å²) in [5.41, 5.74) is 2.21. The maximum atomic E-state index is 13.4. The largest absolute Gasteiger partial charge is 0.305 e. The molecule has 3 aromatic rings. The van der Waals surface area contributed by atoms with Gasteiger partial charge in [0.05, 0.1) is 4.88 Å². The van der Waals surface area contributed by atoms with E-state index in [1.54, 1.807) is 12.1 Å². The van der Waals surface area contributed by atoms with Crippen molar-refractivity contribution in [2.24, 2.45) is 0 Å². The maximum absolute atomic E-state index is 13.4. The van der Waals surface area contributed by atoms with Gasteiger partial charge in [-0.15, -0.1) is 11.3 Å². The third-order valence-corrected chi connectivity index (χ3v) is 5.54. The molecule has 0 saturated carbocycles. The number of hydrogen-bond donors (Lipinski definition) is 0. The molecule has 4 rings (SSSR count). The molecule has 0 fully saturated rings. The van der Waals surface area contributed by atoms with Crippen molar-refractivity contribution in [1.29, 1.82) is 0 Å². The molecule has 0 saturated heterocycles. The first-order valence-corrected chi connectivity index (χ1v) is 8.56. The number of para-hydroxylation sites is 1. The number of carbonyl (C=O) groups is 1. The van der Waals surface area contributed by atoms with E-state index in [9.17, 15) is 9.18 Å². The number of rotatable bonds is 1. The summed E-state index contributed by atoms with van der Waals surface area (Å²) in [6.45, 7) is 2.08. The van der Waals surface area contributed by atoms with Gasteiger partial charge >= 0.3 is 0 Å². The average Bonchev–Trinajstić information content (AvgIpc) is 2.97. The van der Waals surface area contributed by atoms with Gasteiger partial charge in [0.2, 0.25) is 0 Å². The van der Waals surface area contributed by atoms with Gasteiger partial charge in [0.1, 0.15) is 5.82 Å². The van der Waals surface area contributed by atoms with Gasteiger partial charge in [0.25, 0.3) is 5.91 Å². The first kappa shape index (κ1) is 14.4. The van der Waals surface area contributed by atoms with Crippen LogP contribution >= 0.6 is 11.3 Å². The molecule has 4 heteroatoms. The normalized spacial score (nSPS) is 17.3. The van der Waals surface area contributed by atoms with Crippen LogP contribution in [0.25, 0.3) is 10.1 Å². The monoisotopic (exact) mass is 325 g/mol. The van der Waals surface area contributed by atoms with Crippen LogP contribution in [-0.2, 0) is 6.42 Å². The van der Waals surface area contributed by atoms with Gasteiger partial charge in [0.15, 0.2) is 0 Å². The van der Waals surface area contributed by atoms with Crippen molar-refractivity contribution < 1.29 is 9.18 Å². The highest BCUT2D eigenvalue weighted by Gasteiger charge is 2.29. The second-order valence-electron chi connectivity index (χ2n) is 5.98. The van der Waals surface area contributed by atoms with Crippen molar-refractivity contribution in [1.82, 2.24) is 0 Å². The number of nitrogens with zero attached hydrogens (tertiary/aromatic N) is 1. The molecule has 0 unspecified atom stereocenters. The van der Waals surface area contributed by atoms with E-state index in [1.165, 1.54) is 29.0 Å². The van der Waals surface area contributed by atoms with E-state index in [-0.39, 0.29) is 17.8 Å². The topological polar surface area (TPSA) is 20.3 Å². The van der Waals surface area contributed by atoms with Crippen LogP contribution in [-0.4, -0.2) is 11.9 Å². The molecule has 1 aliphatic heterocycles. The van der Waals surface area contributed by atoms with E-state index in [0.717, 1.165) is 28.6 Å². The molecule has 0 bridgehead atoms. The Morgan fingerprint density at radius 3 is 2.91 bits per heavy atom. The minimum Gasteiger partial charge on any atom is -0.305 e. The van der Waals surface area contributed by atoms with Gasteiger partial charge in [0, 0.05) is 16.4 Å². The van der Waals surface area contributed by atoms with Crippen LogP contribution < -0.4 is 4.90 Å². The smallest absolute Gasteiger partial charge is 0.268 e. The number of hydrogen-bond acceptors (Lipinski definition) is 2. The second-order valence-corrected chi connectivity index (χ2v) is 7.07. The SMILES string of the molecule is C[C@@H]1CCc2ccccc2N1C(=O)c1cc2cc(F)ccc2s1. The van der Waals surface area contributed by atoms with Crippen LogP contribution in [0.15, 0.2) is 48.5 Å². The first-order valence-electron chi connectivity index (χ1n) is 7.74. The van der Waals surface area contributed by atoms with Crippen molar-refractivity contribution in [2.75, 3.05) is 4.90 Å². The zero-order chi connectivity index (χ0) is 16.0. The van der Waals surface area contributed by atoms with Gasteiger partial charge < -0.3 is 4.90 Å². The Bertz CT molecular complexity index is 901. The maximum Gasteiger partial charge on any atom is 0.268 e. The Kier molecular flexibility index (Phi) is 3.42. The van der Waals surface area contributed by atoms with Gasteiger partial charge in [-0.25, -0.2) is 4.39 Å². The fourth-order valence-corrected chi connectivity index (χ4v) is 4.22. The first-order chi connectivity index (χ1) is 11.1. The average molecular weight is 325 g/mol. The molecule has 1 atom stereocenters. The van der Waals surface area contributed by atoms with Gasteiger partial charge in [-0.2, -0.15) is 0 Å². The number of thiophene rings is 1. The van der Waals surface area contributed by atoms with Crippen LogP contribution in [0.1, 0.15) is 28.6 Å². The molecule has 23 heavy (non-hydrogen) atoms. The van der Waals surface area contributed by atoms with Crippen molar-refractivity contribution in [3.8, 4) is 0 Å². The summed E-state index contributed by atoms with van der Waals surface area (Å²) in [6, 6.07) is 14.7. The Morgan fingerprint density at radius 2 is 2.04 bits per heavy atom. The van der Waals surface area contributed by atoms with E-state index in [4.69, 9.17) is 0 Å². The number of benzene rings is 2. The summed E-state index contributed by atoms with van der Waals surface area (Å²) in [6.07, 6.45) is 1.96. The molecular weight excluding hydrogens is 309 g/mol. The third-order valence-electron chi connectivity index (χ3n) is 4.43. The van der Waals surface area contributed by atoms with Crippen LogP contribution in [0.4, 0.5) is 10.1 Å². The lowest BCUT2D eigenvalue weighted by Gasteiger charge is -2.35. The summed E-state index contributed by atoms with van der Waals surface area (Å²) in [5.74, 6) is -0.266. The van der Waals surface area contributed by atoms with E-state index >= 15 is 0 Å². The molecule has 1 amide bonds. The van der Waals surface area contributed by atoms with Crippen molar-refractivity contribution in [3.05, 3.63) is 64.8 Å². The Morgan fingerprint density at radius 1 is 1.22 bits per heavy atom. The molecule has 1 aliphatic rings. The lowest BCUT2D eigenvalue weighted by Crippen LogP contribution is -2.41. The fraction of sp³-hybridized carbons (Fsp3) is 0.211. The molecule has 0 radical (unpaired) electrons. The molecule has 1 aromatic heterocycles. The Labute approximate surface area is 138 Å². The molecule has 0 spiro atoms. The standard InChI is InChI=1S/C19H16FNOS/c1-12-6-7-13-4-2-3-5-16(13)21(12)19(22)18-11-14-10-15(20)8-9-17(14)23-18/h2-5,8-12H,6-7H2,1H3/t12-/m1/s1. The molecule has 2 heterocycles.